The molecule has 2 aromatic carbocycles. The number of aromatic hydroxyl groups is 1. The Morgan fingerprint density at radius 2 is 1.96 bits per heavy atom. The predicted molar refractivity (Wildman–Crippen MR) is 102 cm³/mol. The van der Waals surface area contributed by atoms with Crippen molar-refractivity contribution in [3.8, 4) is 17.4 Å². The molecule has 0 aliphatic heterocycles. The Hall–Kier alpha value is -2.81. The Labute approximate surface area is 159 Å². The summed E-state index contributed by atoms with van der Waals surface area (Å²) < 4.78 is 11.0. The first kappa shape index (κ1) is 19.0. The quantitative estimate of drug-likeness (QED) is 0.512. The fourth-order valence-electron chi connectivity index (χ4n) is 2.59. The Morgan fingerprint density at radius 3 is 2.59 bits per heavy atom. The maximum absolute atomic E-state index is 11.2. The number of aromatic nitrogens is 1. The van der Waals surface area contributed by atoms with Crippen LogP contribution in [0.5, 0.6) is 17.4 Å². The molecule has 0 bridgehead atoms. The number of nitrogens with two attached hydrogens (primary N) is 1. The second-order valence-electron chi connectivity index (χ2n) is 5.82. The average Bonchev–Trinajstić information content (AvgIpc) is 3.00. The fourth-order valence-corrected chi connectivity index (χ4v) is 3.35. The maximum atomic E-state index is 11.2. The second kappa shape index (κ2) is 8.72. The van der Waals surface area contributed by atoms with Gasteiger partial charge in [-0.1, -0.05) is 35.6 Å². The maximum Gasteiger partial charge on any atom is 0.307 e. The van der Waals surface area contributed by atoms with Gasteiger partial charge >= 0.3 is 4.87 Å². The highest BCUT2D eigenvalue weighted by Gasteiger charge is 2.13. The van der Waals surface area contributed by atoms with Crippen molar-refractivity contribution in [3.63, 3.8) is 0 Å². The molecule has 3 aromatic rings. The highest BCUT2D eigenvalue weighted by molar-refractivity contribution is 7.09. The van der Waals surface area contributed by atoms with Gasteiger partial charge in [0, 0.05) is 6.42 Å². The van der Waals surface area contributed by atoms with Crippen LogP contribution in [0.1, 0.15) is 22.1 Å². The molecule has 1 heterocycles. The van der Waals surface area contributed by atoms with Crippen LogP contribution in [0.25, 0.3) is 0 Å². The Balaban J connectivity index is 1.61. The number of rotatable bonds is 8. The highest BCUT2D eigenvalue weighted by Crippen LogP contribution is 2.24. The van der Waals surface area contributed by atoms with Gasteiger partial charge in [-0.25, -0.2) is 5.90 Å². The molecule has 1 aromatic heterocycles. The van der Waals surface area contributed by atoms with Crippen LogP contribution in [0, 0.1) is 0 Å². The van der Waals surface area contributed by atoms with Crippen LogP contribution in [-0.4, -0.2) is 23.8 Å². The summed E-state index contributed by atoms with van der Waals surface area (Å²) in [5.74, 6) is 6.72. The van der Waals surface area contributed by atoms with E-state index in [-0.39, 0.29) is 17.4 Å². The number of benzene rings is 2. The van der Waals surface area contributed by atoms with Gasteiger partial charge < -0.3 is 14.6 Å². The van der Waals surface area contributed by atoms with E-state index in [0.29, 0.717) is 22.8 Å². The standard InChI is InChI=1S/C19H20N2O5S/c1-24-15-4-2-3-13(10-15)16(26-20)11-25-14-7-5-12(6-8-14)9-17-18(22)21-19(23)27-17/h2-8,10,16,22H,9,11,20H2,1H3,(H,21,23). The molecule has 1 atom stereocenters. The van der Waals surface area contributed by atoms with Gasteiger partial charge in [0.1, 0.15) is 24.2 Å². The SMILES string of the molecule is COc1cccc(C(COc2ccc(Cc3sc(=O)[nH]c3O)cc2)ON)c1. The third-order valence-corrected chi connectivity index (χ3v) is 4.89. The van der Waals surface area contributed by atoms with Crippen molar-refractivity contribution in [1.82, 2.24) is 4.98 Å². The van der Waals surface area contributed by atoms with Gasteiger partial charge in [0.2, 0.25) is 5.88 Å². The minimum absolute atomic E-state index is 0.0773. The average molecular weight is 388 g/mol. The molecule has 0 saturated heterocycles. The zero-order valence-electron chi connectivity index (χ0n) is 14.7. The first-order chi connectivity index (χ1) is 13.1. The van der Waals surface area contributed by atoms with Crippen molar-refractivity contribution in [2.24, 2.45) is 5.90 Å². The largest absolute Gasteiger partial charge is 0.497 e. The number of H-pyrrole nitrogens is 1. The van der Waals surface area contributed by atoms with Crippen molar-refractivity contribution in [3.05, 3.63) is 74.2 Å². The number of aromatic amines is 1. The zero-order chi connectivity index (χ0) is 19.2. The molecular formula is C19H20N2O5S. The molecule has 0 aliphatic rings. The molecule has 8 heteroatoms. The van der Waals surface area contributed by atoms with E-state index in [0.717, 1.165) is 22.5 Å². The molecule has 0 saturated carbocycles. The molecule has 4 N–H and O–H groups in total. The van der Waals surface area contributed by atoms with Gasteiger partial charge in [0.25, 0.3) is 0 Å². The van der Waals surface area contributed by atoms with E-state index < -0.39 is 6.10 Å². The van der Waals surface area contributed by atoms with E-state index in [1.54, 1.807) is 7.11 Å². The van der Waals surface area contributed by atoms with Gasteiger partial charge in [-0.2, -0.15) is 0 Å². The number of hydrogen-bond donors (Lipinski definition) is 3. The molecular weight excluding hydrogens is 368 g/mol. The van der Waals surface area contributed by atoms with Crippen LogP contribution in [-0.2, 0) is 11.3 Å². The van der Waals surface area contributed by atoms with E-state index in [1.807, 2.05) is 48.5 Å². The molecule has 1 unspecified atom stereocenters. The van der Waals surface area contributed by atoms with Crippen LogP contribution in [0.15, 0.2) is 53.3 Å². The van der Waals surface area contributed by atoms with Crippen LogP contribution in [0.4, 0.5) is 0 Å². The molecule has 0 radical (unpaired) electrons. The summed E-state index contributed by atoms with van der Waals surface area (Å²) in [6, 6.07) is 14.8. The topological polar surface area (TPSA) is 107 Å². The summed E-state index contributed by atoms with van der Waals surface area (Å²) in [7, 11) is 1.60. The Bertz CT molecular complexity index is 936. The van der Waals surface area contributed by atoms with Gasteiger partial charge in [-0.15, -0.1) is 0 Å². The molecule has 27 heavy (non-hydrogen) atoms. The number of ether oxygens (including phenoxy) is 2. The zero-order valence-corrected chi connectivity index (χ0v) is 15.5. The van der Waals surface area contributed by atoms with E-state index in [1.165, 1.54) is 0 Å². The summed E-state index contributed by atoms with van der Waals surface area (Å²) in [5.41, 5.74) is 1.80. The summed E-state index contributed by atoms with van der Waals surface area (Å²) in [6.07, 6.45) is 0.0299. The number of thiazole rings is 1. The van der Waals surface area contributed by atoms with E-state index in [4.69, 9.17) is 20.2 Å². The van der Waals surface area contributed by atoms with Crippen molar-refractivity contribution in [1.29, 1.82) is 0 Å². The summed E-state index contributed by atoms with van der Waals surface area (Å²) in [4.78, 5) is 19.0. The molecule has 0 spiro atoms. The summed E-state index contributed by atoms with van der Waals surface area (Å²) in [5, 5.41) is 9.66. The third kappa shape index (κ3) is 4.88. The minimum atomic E-state index is -0.436. The van der Waals surface area contributed by atoms with Crippen molar-refractivity contribution in [2.45, 2.75) is 12.5 Å². The summed E-state index contributed by atoms with van der Waals surface area (Å²) >= 11 is 0.998. The first-order valence-electron chi connectivity index (χ1n) is 8.21. The number of methoxy groups -OCH3 is 1. The minimum Gasteiger partial charge on any atom is -0.497 e. The molecule has 0 aliphatic carbocycles. The van der Waals surface area contributed by atoms with Crippen LogP contribution in [0.2, 0.25) is 0 Å². The Kier molecular flexibility index (Phi) is 6.12. The highest BCUT2D eigenvalue weighted by atomic mass is 32.1. The lowest BCUT2D eigenvalue weighted by Crippen LogP contribution is -2.17. The van der Waals surface area contributed by atoms with Crippen molar-refractivity contribution in [2.75, 3.05) is 13.7 Å². The van der Waals surface area contributed by atoms with Crippen molar-refractivity contribution >= 4 is 11.3 Å². The second-order valence-corrected chi connectivity index (χ2v) is 6.89. The van der Waals surface area contributed by atoms with Gasteiger partial charge in [0.05, 0.1) is 12.0 Å². The smallest absolute Gasteiger partial charge is 0.307 e. The van der Waals surface area contributed by atoms with E-state index in [2.05, 4.69) is 4.98 Å². The van der Waals surface area contributed by atoms with E-state index in [9.17, 15) is 9.90 Å². The molecule has 7 nitrogen and oxygen atoms in total. The third-order valence-electron chi connectivity index (χ3n) is 4.02. The number of nitrogens with one attached hydrogen (secondary N) is 1. The molecule has 3 rings (SSSR count). The van der Waals surface area contributed by atoms with Crippen LogP contribution in [0.3, 0.4) is 0 Å². The van der Waals surface area contributed by atoms with Gasteiger partial charge in [0.15, 0.2) is 0 Å². The lowest BCUT2D eigenvalue weighted by molar-refractivity contribution is 0.0181. The monoisotopic (exact) mass is 388 g/mol. The lowest BCUT2D eigenvalue weighted by Gasteiger charge is -2.16. The molecule has 0 amide bonds. The first-order valence-corrected chi connectivity index (χ1v) is 9.03. The summed E-state index contributed by atoms with van der Waals surface area (Å²) in [6.45, 7) is 0.239. The van der Waals surface area contributed by atoms with Crippen molar-refractivity contribution < 1.29 is 19.4 Å². The van der Waals surface area contributed by atoms with Crippen LogP contribution >= 0.6 is 11.3 Å². The number of hydrogen-bond acceptors (Lipinski definition) is 7. The normalized spacial score (nSPS) is 11.9. The van der Waals surface area contributed by atoms with Crippen LogP contribution < -0.4 is 20.2 Å². The molecule has 142 valence electrons. The fraction of sp³-hybridized carbons (Fsp3) is 0.211. The lowest BCUT2D eigenvalue weighted by atomic mass is 10.1. The Morgan fingerprint density at radius 1 is 1.19 bits per heavy atom. The molecule has 0 fully saturated rings. The predicted octanol–water partition coefficient (Wildman–Crippen LogP) is 2.75. The van der Waals surface area contributed by atoms with E-state index >= 15 is 0 Å². The van der Waals surface area contributed by atoms with Gasteiger partial charge in [-0.05, 0) is 35.4 Å². The van der Waals surface area contributed by atoms with Gasteiger partial charge in [-0.3, -0.25) is 14.6 Å².